The van der Waals surface area contributed by atoms with Gasteiger partial charge in [-0.05, 0) is 14.1 Å². The summed E-state index contributed by atoms with van der Waals surface area (Å²) in [5.74, 6) is -0.574. The maximum Gasteiger partial charge on any atom is 0.320 e. The van der Waals surface area contributed by atoms with Crippen LogP contribution in [0.2, 0.25) is 0 Å². The topological polar surface area (TPSA) is 343 Å². The highest BCUT2D eigenvalue weighted by atomic mass is 16.8. The molecule has 0 spiro atoms. The predicted molar refractivity (Wildman–Crippen MR) is 347 cm³/mol. The van der Waals surface area contributed by atoms with E-state index in [-0.39, 0.29) is 46.2 Å². The van der Waals surface area contributed by atoms with E-state index in [4.69, 9.17) is 166 Å². The molecule has 0 unspecified atom stereocenters. The molecule has 21 saturated heterocycles. The molecular weight excluding hydrogens is 1380 g/mol. The molecule has 37 heteroatoms. The maximum absolute atomic E-state index is 13.5. The standard InChI is InChI=1S/C66H117NO36/c1-67(2)23-38(68)89-30-37-45-52(81-15)59(88-22)66(96-37)102-44-36(29-74-8)94-64(57(86-20)51(44)80-14)100-42-34(27-72-6)92-62(55(84-18)49(42)78-12)98-40-32(25-70-4)90-60(53(82-16)47(40)76-10)97-39-31(24-69-3)91-61(54(83-17)46(39)75-9)99-41-33(26-71-5)93-63(56(85-19)48(41)77-11)101-43-35(28-73-7)95-65(103-45)58(87-21)50(43)79-13/h31-37,39-66H,23-30H2,1-22H3/t31-,32-,33-,34-,35-,36-,37-,39-,40-,41-,42-,43-,44-,45-,46+,47+,48+,49-,50+,51+,52+,53-,54-,55+,56-,57+,58-,59-,60-,61-,62-,63-,64-,65-,66-/m1/s1. The van der Waals surface area contributed by atoms with Crippen LogP contribution in [-0.2, 0) is 171 Å². The number of nitrogens with zero attached hydrogens (tertiary/aromatic N) is 1. The summed E-state index contributed by atoms with van der Waals surface area (Å²) in [6.07, 6.45) is -38.0. The van der Waals surface area contributed by atoms with Crippen molar-refractivity contribution in [3.8, 4) is 0 Å². The third-order valence-electron chi connectivity index (χ3n) is 19.8. The van der Waals surface area contributed by atoms with Crippen LogP contribution in [0.4, 0.5) is 0 Å². The lowest BCUT2D eigenvalue weighted by Crippen LogP contribution is -2.69. The van der Waals surface area contributed by atoms with Crippen molar-refractivity contribution in [1.82, 2.24) is 4.90 Å². The van der Waals surface area contributed by atoms with Gasteiger partial charge in [-0.25, -0.2) is 0 Å². The van der Waals surface area contributed by atoms with E-state index in [0.29, 0.717) is 0 Å². The van der Waals surface area contributed by atoms with Crippen LogP contribution in [0, 0.1) is 0 Å². The SMILES string of the molecule is COC[C@H]1O[C@@H]2O[C@H]3[C@@H](OC)[C@H](OC)[C@@H](O[C@H]4[C@H](OC)[C@@H](OC)[C@@H](O[C@H]5[C@H](OC)[C@@H](OC)[C@@H](O[C@H]6[C@H](OC)[C@@H](OC)[C@@H](O[C@H]7[C@H](OC)[C@@H](OC)[C@@H](O[C@H]8[C@H](OC)[C@@H](OC)[C@@H](O[C@H]1[C@H](OC)[C@@H]2OC)O[C@@H]8COC(=O)CN(C)C)O[C@@H]7COC)O[C@@H]6COC)O[C@@H]5COC)O[C@@H]4COC)O[C@@H]3COC. The number of hydrogen-bond acceptors (Lipinski definition) is 37. The lowest BCUT2D eigenvalue weighted by atomic mass is 9.94. The monoisotopic (exact) mass is 1500 g/mol. The third-order valence-corrected chi connectivity index (χ3v) is 19.8. The number of hydrogen-bond donors (Lipinski definition) is 0. The van der Waals surface area contributed by atoms with E-state index in [9.17, 15) is 4.79 Å². The second-order valence-corrected chi connectivity index (χ2v) is 26.0. The van der Waals surface area contributed by atoms with Gasteiger partial charge in [-0.3, -0.25) is 9.69 Å². The van der Waals surface area contributed by atoms with E-state index in [0.717, 1.165) is 0 Å². The van der Waals surface area contributed by atoms with Crippen molar-refractivity contribution in [2.75, 3.05) is 209 Å². The first-order chi connectivity index (χ1) is 49.9. The highest BCUT2D eigenvalue weighted by Crippen LogP contribution is 2.43. The van der Waals surface area contributed by atoms with Crippen LogP contribution in [0.3, 0.4) is 0 Å². The lowest BCUT2D eigenvalue weighted by molar-refractivity contribution is -0.402. The average Bonchev–Trinajstić information content (AvgIpc) is 0.776. The lowest BCUT2D eigenvalue weighted by Gasteiger charge is -2.52. The molecule has 0 aromatic rings. The Balaban J connectivity index is 1.25. The molecule has 602 valence electrons. The van der Waals surface area contributed by atoms with Gasteiger partial charge < -0.3 is 166 Å². The summed E-state index contributed by atoms with van der Waals surface area (Å²) in [4.78, 5) is 15.2. The Labute approximate surface area is 603 Å². The van der Waals surface area contributed by atoms with Gasteiger partial charge in [-0.1, -0.05) is 0 Å². The van der Waals surface area contributed by atoms with Crippen LogP contribution < -0.4 is 0 Å². The Bertz CT molecular complexity index is 2370. The first-order valence-corrected chi connectivity index (χ1v) is 34.2. The van der Waals surface area contributed by atoms with Crippen molar-refractivity contribution in [2.24, 2.45) is 0 Å². The number of methoxy groups -OCH3 is 20. The molecule has 21 rings (SSSR count). The minimum Gasteiger partial charge on any atom is -0.462 e. The smallest absolute Gasteiger partial charge is 0.320 e. The second kappa shape index (κ2) is 42.5. The highest BCUT2D eigenvalue weighted by Gasteiger charge is 2.62. The number of likely N-dealkylation sites (N-methyl/N-ethyl adjacent to an activating group) is 1. The van der Waals surface area contributed by atoms with E-state index in [1.54, 1.807) is 19.0 Å². The normalized spacial score (nSPS) is 44.4. The van der Waals surface area contributed by atoms with Crippen molar-refractivity contribution < 1.29 is 171 Å². The molecule has 21 heterocycles. The first-order valence-electron chi connectivity index (χ1n) is 34.2. The van der Waals surface area contributed by atoms with Gasteiger partial charge in [0, 0.05) is 142 Å². The number of carbonyl (C=O) groups excluding carboxylic acids is 1. The van der Waals surface area contributed by atoms with E-state index < -0.39 is 228 Å². The zero-order valence-electron chi connectivity index (χ0n) is 63.5. The van der Waals surface area contributed by atoms with Crippen molar-refractivity contribution in [1.29, 1.82) is 0 Å². The number of carbonyl (C=O) groups is 1. The van der Waals surface area contributed by atoms with Crippen molar-refractivity contribution in [3.05, 3.63) is 0 Å². The molecule has 0 amide bonds. The molecule has 0 saturated carbocycles. The molecule has 0 N–H and O–H groups in total. The van der Waals surface area contributed by atoms with Gasteiger partial charge in [0.05, 0.1) is 46.2 Å². The van der Waals surface area contributed by atoms with Crippen molar-refractivity contribution >= 4 is 5.97 Å². The number of esters is 1. The minimum atomic E-state index is -1.36. The first kappa shape index (κ1) is 86.7. The van der Waals surface area contributed by atoms with Crippen LogP contribution >= 0.6 is 0 Å². The zero-order chi connectivity index (χ0) is 74.8. The summed E-state index contributed by atoms with van der Waals surface area (Å²) in [7, 11) is 33.3. The van der Waals surface area contributed by atoms with Gasteiger partial charge in [0.2, 0.25) is 0 Å². The molecule has 35 atom stereocenters. The van der Waals surface area contributed by atoms with Gasteiger partial charge in [0.15, 0.2) is 44.0 Å². The molecule has 0 radical (unpaired) electrons. The molecule has 21 aliphatic rings. The molecule has 21 aliphatic heterocycles. The molecule has 37 nitrogen and oxygen atoms in total. The highest BCUT2D eigenvalue weighted by molar-refractivity contribution is 5.71. The largest absolute Gasteiger partial charge is 0.462 e. The molecule has 0 aromatic heterocycles. The van der Waals surface area contributed by atoms with Crippen LogP contribution in [0.1, 0.15) is 0 Å². The molecule has 0 aliphatic carbocycles. The van der Waals surface area contributed by atoms with Gasteiger partial charge >= 0.3 is 5.97 Å². The maximum atomic E-state index is 13.5. The fourth-order valence-electron chi connectivity index (χ4n) is 15.2. The molecular formula is C66H117NO36. The van der Waals surface area contributed by atoms with Crippen LogP contribution in [0.5, 0.6) is 0 Å². The fourth-order valence-corrected chi connectivity index (χ4v) is 15.2. The second-order valence-electron chi connectivity index (χ2n) is 26.0. The van der Waals surface area contributed by atoms with E-state index in [2.05, 4.69) is 0 Å². The van der Waals surface area contributed by atoms with Crippen LogP contribution in [-0.4, -0.2) is 435 Å². The predicted octanol–water partition coefficient (Wildman–Crippen LogP) is -2.04. The Morgan fingerprint density at radius 1 is 0.223 bits per heavy atom. The van der Waals surface area contributed by atoms with Crippen LogP contribution in [0.15, 0.2) is 0 Å². The molecule has 14 bridgehead atoms. The summed E-state index contributed by atoms with van der Waals surface area (Å²) >= 11 is 0. The van der Waals surface area contributed by atoms with Crippen molar-refractivity contribution in [3.63, 3.8) is 0 Å². The summed E-state index contributed by atoms with van der Waals surface area (Å²) < 4.78 is 227. The summed E-state index contributed by atoms with van der Waals surface area (Å²) in [5.41, 5.74) is 0. The minimum absolute atomic E-state index is 0.0527. The number of ether oxygens (including phenoxy) is 35. The summed E-state index contributed by atoms with van der Waals surface area (Å²) in [6.45, 7) is -0.874. The zero-order valence-corrected chi connectivity index (χ0v) is 63.5. The molecule has 21 fully saturated rings. The fraction of sp³-hybridized carbons (Fsp3) is 0.985. The Hall–Kier alpha value is -1.93. The Kier molecular flexibility index (Phi) is 35.7. The van der Waals surface area contributed by atoms with Crippen molar-refractivity contribution in [2.45, 2.75) is 215 Å². The number of rotatable bonds is 30. The average molecular weight is 1500 g/mol. The third kappa shape index (κ3) is 19.7. The summed E-state index contributed by atoms with van der Waals surface area (Å²) in [6, 6.07) is 0. The Morgan fingerprint density at radius 2 is 0.369 bits per heavy atom. The van der Waals surface area contributed by atoms with E-state index in [1.165, 1.54) is 142 Å². The summed E-state index contributed by atoms with van der Waals surface area (Å²) in [5, 5.41) is 0. The molecule has 0 aromatic carbocycles. The van der Waals surface area contributed by atoms with E-state index >= 15 is 0 Å². The quantitative estimate of drug-likeness (QED) is 0.0700. The van der Waals surface area contributed by atoms with Gasteiger partial charge in [0.25, 0.3) is 0 Å². The van der Waals surface area contributed by atoms with Gasteiger partial charge in [-0.15, -0.1) is 0 Å². The van der Waals surface area contributed by atoms with E-state index in [1.807, 2.05) is 0 Å². The van der Waals surface area contributed by atoms with Crippen LogP contribution in [0.25, 0.3) is 0 Å². The van der Waals surface area contributed by atoms with Gasteiger partial charge in [0.1, 0.15) is 178 Å². The molecule has 103 heavy (non-hydrogen) atoms. The Morgan fingerprint density at radius 3 is 0.495 bits per heavy atom. The van der Waals surface area contributed by atoms with Gasteiger partial charge in [-0.2, -0.15) is 0 Å².